The molecule has 2 nitrogen and oxygen atoms in total. The van der Waals surface area contributed by atoms with Crippen molar-refractivity contribution in [2.45, 2.75) is 13.3 Å². The smallest absolute Gasteiger partial charge is 0.143 e. The molecule has 2 rings (SSSR count). The Hall–Kier alpha value is -0.960. The molecule has 2 aromatic heterocycles. The molecule has 3 heteroatoms. The number of aryl methyl sites for hydroxylation is 1. The lowest BCUT2D eigenvalue weighted by molar-refractivity contribution is 1.10. The van der Waals surface area contributed by atoms with E-state index in [0.29, 0.717) is 0 Å². The van der Waals surface area contributed by atoms with Gasteiger partial charge in [0.1, 0.15) is 4.83 Å². The lowest BCUT2D eigenvalue weighted by Gasteiger charge is -1.87. The number of fused-ring (bicyclic) bond motifs is 1. The van der Waals surface area contributed by atoms with Gasteiger partial charge in [0.2, 0.25) is 0 Å². The number of hydrogen-bond donors (Lipinski definition) is 0. The van der Waals surface area contributed by atoms with E-state index in [2.05, 4.69) is 22.3 Å². The maximum Gasteiger partial charge on any atom is 0.143 e. The summed E-state index contributed by atoms with van der Waals surface area (Å²) in [4.78, 5) is 5.25. The van der Waals surface area contributed by atoms with Gasteiger partial charge >= 0.3 is 0 Å². The van der Waals surface area contributed by atoms with Crippen molar-refractivity contribution >= 4 is 21.7 Å². The zero-order valence-corrected chi connectivity index (χ0v) is 7.06. The second-order valence-electron chi connectivity index (χ2n) is 2.34. The van der Waals surface area contributed by atoms with Crippen LogP contribution in [-0.4, -0.2) is 9.36 Å². The molecular formula is C8H8N2S. The number of aromatic nitrogens is 2. The molecule has 11 heavy (non-hydrogen) atoms. The summed E-state index contributed by atoms with van der Waals surface area (Å²) in [6.07, 6.45) is 2.80. The average molecular weight is 164 g/mol. The largest absolute Gasteiger partial charge is 0.244 e. The molecule has 0 aliphatic carbocycles. The highest BCUT2D eigenvalue weighted by Crippen LogP contribution is 2.19. The molecule has 0 N–H and O–H groups in total. The van der Waals surface area contributed by atoms with Crippen molar-refractivity contribution in [3.8, 4) is 0 Å². The predicted molar refractivity (Wildman–Crippen MR) is 46.8 cm³/mol. The quantitative estimate of drug-likeness (QED) is 0.646. The minimum Gasteiger partial charge on any atom is -0.244 e. The first-order chi connectivity index (χ1) is 5.42. The van der Waals surface area contributed by atoms with Crippen LogP contribution in [0.4, 0.5) is 0 Å². The summed E-state index contributed by atoms with van der Waals surface area (Å²) in [5.41, 5.74) is 1.16. The molecule has 0 radical (unpaired) electrons. The van der Waals surface area contributed by atoms with Gasteiger partial charge < -0.3 is 0 Å². The van der Waals surface area contributed by atoms with E-state index in [1.807, 2.05) is 6.07 Å². The van der Waals surface area contributed by atoms with Crippen molar-refractivity contribution in [3.05, 3.63) is 24.0 Å². The molecule has 0 saturated heterocycles. The monoisotopic (exact) mass is 164 g/mol. The Labute approximate surface area is 69.1 Å². The highest BCUT2D eigenvalue weighted by molar-refractivity contribution is 7.12. The van der Waals surface area contributed by atoms with E-state index in [1.165, 1.54) is 16.9 Å². The van der Waals surface area contributed by atoms with Crippen molar-refractivity contribution in [1.29, 1.82) is 0 Å². The van der Waals surface area contributed by atoms with Crippen molar-refractivity contribution < 1.29 is 0 Å². The van der Waals surface area contributed by atoms with Gasteiger partial charge in [0.05, 0.1) is 5.69 Å². The van der Waals surface area contributed by atoms with E-state index >= 15 is 0 Å². The van der Waals surface area contributed by atoms with Crippen LogP contribution in [0.3, 0.4) is 0 Å². The molecule has 2 heterocycles. The zero-order valence-electron chi connectivity index (χ0n) is 6.24. The van der Waals surface area contributed by atoms with E-state index in [-0.39, 0.29) is 0 Å². The van der Waals surface area contributed by atoms with Crippen molar-refractivity contribution in [3.63, 3.8) is 0 Å². The number of pyridine rings is 1. The second-order valence-corrected chi connectivity index (χ2v) is 3.09. The number of nitrogens with zero attached hydrogens (tertiary/aromatic N) is 2. The maximum atomic E-state index is 4.29. The topological polar surface area (TPSA) is 25.8 Å². The molecule has 0 aliphatic heterocycles. The lowest BCUT2D eigenvalue weighted by Crippen LogP contribution is -1.78. The van der Waals surface area contributed by atoms with Crippen molar-refractivity contribution in [1.82, 2.24) is 9.36 Å². The SMILES string of the molecule is CCc1nsc2ncccc12. The third-order valence-electron chi connectivity index (χ3n) is 1.66. The minimum absolute atomic E-state index is 0.992. The second kappa shape index (κ2) is 2.58. The van der Waals surface area contributed by atoms with Crippen LogP contribution in [0.5, 0.6) is 0 Å². The van der Waals surface area contributed by atoms with Crippen LogP contribution in [0.15, 0.2) is 18.3 Å². The summed E-state index contributed by atoms with van der Waals surface area (Å²) in [5.74, 6) is 0. The van der Waals surface area contributed by atoms with Gasteiger partial charge in [-0.1, -0.05) is 6.92 Å². The fourth-order valence-corrected chi connectivity index (χ4v) is 1.90. The van der Waals surface area contributed by atoms with E-state index in [1.54, 1.807) is 6.20 Å². The first-order valence-electron chi connectivity index (χ1n) is 3.61. The summed E-state index contributed by atoms with van der Waals surface area (Å²) < 4.78 is 4.29. The van der Waals surface area contributed by atoms with Gasteiger partial charge in [-0.15, -0.1) is 0 Å². The Bertz CT molecular complexity index is 367. The van der Waals surface area contributed by atoms with E-state index in [4.69, 9.17) is 0 Å². The first-order valence-corrected chi connectivity index (χ1v) is 4.38. The van der Waals surface area contributed by atoms with E-state index in [9.17, 15) is 0 Å². The Morgan fingerprint density at radius 2 is 2.45 bits per heavy atom. The molecule has 0 aromatic carbocycles. The standard InChI is InChI=1S/C8H8N2S/c1-2-7-6-4-3-5-9-8(6)11-10-7/h3-5H,2H2,1H3. The summed E-state index contributed by atoms with van der Waals surface area (Å²) in [6, 6.07) is 4.03. The highest BCUT2D eigenvalue weighted by Gasteiger charge is 2.02. The lowest BCUT2D eigenvalue weighted by atomic mass is 10.2. The minimum atomic E-state index is 0.992. The first kappa shape index (κ1) is 6.73. The molecule has 0 amide bonds. The molecule has 0 unspecified atom stereocenters. The highest BCUT2D eigenvalue weighted by atomic mass is 32.1. The Morgan fingerprint density at radius 3 is 3.27 bits per heavy atom. The molecule has 56 valence electrons. The van der Waals surface area contributed by atoms with E-state index < -0.39 is 0 Å². The van der Waals surface area contributed by atoms with Crippen LogP contribution in [0.2, 0.25) is 0 Å². The molecule has 0 atom stereocenters. The Morgan fingerprint density at radius 1 is 1.55 bits per heavy atom. The van der Waals surface area contributed by atoms with Crippen LogP contribution in [0.25, 0.3) is 10.2 Å². The van der Waals surface area contributed by atoms with E-state index in [0.717, 1.165) is 16.9 Å². The third-order valence-corrected chi connectivity index (χ3v) is 2.47. The summed E-state index contributed by atoms with van der Waals surface area (Å²) in [5, 5.41) is 1.21. The third kappa shape index (κ3) is 1.01. The van der Waals surface area contributed by atoms with Crippen molar-refractivity contribution in [2.24, 2.45) is 0 Å². The summed E-state index contributed by atoms with van der Waals surface area (Å²) in [7, 11) is 0. The van der Waals surface area contributed by atoms with Gasteiger partial charge in [-0.05, 0) is 30.1 Å². The van der Waals surface area contributed by atoms with Gasteiger partial charge in [-0.25, -0.2) is 4.98 Å². The van der Waals surface area contributed by atoms with Crippen LogP contribution >= 0.6 is 11.5 Å². The molecule has 0 fully saturated rings. The predicted octanol–water partition coefficient (Wildman–Crippen LogP) is 2.25. The molecule has 0 aliphatic rings. The van der Waals surface area contributed by atoms with Crippen LogP contribution in [0, 0.1) is 0 Å². The van der Waals surface area contributed by atoms with Crippen LogP contribution < -0.4 is 0 Å². The molecule has 0 saturated carbocycles. The Balaban J connectivity index is 2.76. The number of rotatable bonds is 1. The molecule has 2 aromatic rings. The normalized spacial score (nSPS) is 10.6. The van der Waals surface area contributed by atoms with Crippen molar-refractivity contribution in [2.75, 3.05) is 0 Å². The molecule has 0 bridgehead atoms. The average Bonchev–Trinajstić information content (AvgIpc) is 2.47. The number of hydrogen-bond acceptors (Lipinski definition) is 3. The summed E-state index contributed by atoms with van der Waals surface area (Å²) in [6.45, 7) is 2.11. The van der Waals surface area contributed by atoms with Crippen LogP contribution in [0.1, 0.15) is 12.6 Å². The Kier molecular flexibility index (Phi) is 1.58. The molecule has 0 spiro atoms. The molecular weight excluding hydrogens is 156 g/mol. The van der Waals surface area contributed by atoms with Crippen LogP contribution in [-0.2, 0) is 6.42 Å². The van der Waals surface area contributed by atoms with Gasteiger partial charge in [0, 0.05) is 11.6 Å². The van der Waals surface area contributed by atoms with Gasteiger partial charge in [-0.3, -0.25) is 0 Å². The zero-order chi connectivity index (χ0) is 7.68. The fourth-order valence-electron chi connectivity index (χ4n) is 1.09. The fraction of sp³-hybridized carbons (Fsp3) is 0.250. The van der Waals surface area contributed by atoms with Gasteiger partial charge in [0.15, 0.2) is 0 Å². The van der Waals surface area contributed by atoms with Gasteiger partial charge in [-0.2, -0.15) is 4.37 Å². The van der Waals surface area contributed by atoms with Gasteiger partial charge in [0.25, 0.3) is 0 Å². The maximum absolute atomic E-state index is 4.29. The summed E-state index contributed by atoms with van der Waals surface area (Å²) >= 11 is 1.48.